The number of amidine groups is 1. The number of rotatable bonds is 4. The van der Waals surface area contributed by atoms with Crippen LogP contribution in [0.4, 0.5) is 5.69 Å². The molecule has 0 aliphatic heterocycles. The van der Waals surface area contributed by atoms with Crippen molar-refractivity contribution in [1.82, 2.24) is 4.98 Å². The van der Waals surface area contributed by atoms with Crippen molar-refractivity contribution in [2.24, 2.45) is 11.7 Å². The molecule has 0 radical (unpaired) electrons. The van der Waals surface area contributed by atoms with Gasteiger partial charge in [-0.1, -0.05) is 0 Å². The van der Waals surface area contributed by atoms with Gasteiger partial charge >= 0.3 is 0 Å². The lowest BCUT2D eigenvalue weighted by molar-refractivity contribution is 0.785. The highest BCUT2D eigenvalue weighted by Crippen LogP contribution is 2.30. The molecule has 0 unspecified atom stereocenters. The Morgan fingerprint density at radius 3 is 2.80 bits per heavy atom. The summed E-state index contributed by atoms with van der Waals surface area (Å²) in [6.45, 7) is 1.10. The van der Waals surface area contributed by atoms with Gasteiger partial charge in [0.05, 0.1) is 11.9 Å². The maximum atomic E-state index is 7.24. The van der Waals surface area contributed by atoms with Crippen molar-refractivity contribution in [3.05, 3.63) is 24.0 Å². The van der Waals surface area contributed by atoms with Crippen LogP contribution in [0.5, 0.6) is 0 Å². The van der Waals surface area contributed by atoms with Crippen molar-refractivity contribution >= 4 is 11.5 Å². The molecule has 1 saturated carbocycles. The van der Waals surface area contributed by atoms with Crippen molar-refractivity contribution in [2.45, 2.75) is 12.8 Å². The van der Waals surface area contributed by atoms with Crippen LogP contribution in [-0.2, 0) is 0 Å². The normalized spacial score (nSPS) is 15.0. The number of pyridine rings is 1. The van der Waals surface area contributed by atoms with Crippen molar-refractivity contribution in [1.29, 1.82) is 5.41 Å². The van der Waals surface area contributed by atoms with E-state index in [1.54, 1.807) is 12.3 Å². The molecule has 2 rings (SSSR count). The van der Waals surface area contributed by atoms with Crippen LogP contribution in [0, 0.1) is 11.3 Å². The van der Waals surface area contributed by atoms with Gasteiger partial charge in [-0.3, -0.25) is 10.4 Å². The summed E-state index contributed by atoms with van der Waals surface area (Å²) in [7, 11) is 2.07. The van der Waals surface area contributed by atoms with Crippen LogP contribution in [0.2, 0.25) is 0 Å². The fourth-order valence-electron chi connectivity index (χ4n) is 1.56. The second-order valence-electron chi connectivity index (χ2n) is 4.14. The lowest BCUT2D eigenvalue weighted by Crippen LogP contribution is -2.20. The van der Waals surface area contributed by atoms with Gasteiger partial charge in [0, 0.05) is 13.6 Å². The van der Waals surface area contributed by atoms with E-state index < -0.39 is 0 Å². The van der Waals surface area contributed by atoms with Crippen LogP contribution in [0.1, 0.15) is 18.5 Å². The Hall–Kier alpha value is -1.58. The molecule has 1 aliphatic rings. The molecule has 0 amide bonds. The van der Waals surface area contributed by atoms with Gasteiger partial charge in [-0.15, -0.1) is 0 Å². The molecule has 1 heterocycles. The third kappa shape index (κ3) is 2.46. The number of nitrogens with one attached hydrogen (secondary N) is 1. The summed E-state index contributed by atoms with van der Waals surface area (Å²) in [5.74, 6) is 0.883. The maximum absolute atomic E-state index is 7.24. The minimum absolute atomic E-state index is 0.0198. The lowest BCUT2D eigenvalue weighted by atomic mass is 10.3. The van der Waals surface area contributed by atoms with E-state index in [1.165, 1.54) is 12.8 Å². The van der Waals surface area contributed by atoms with Crippen molar-refractivity contribution in [3.63, 3.8) is 0 Å². The summed E-state index contributed by atoms with van der Waals surface area (Å²) in [5.41, 5.74) is 6.97. The molecule has 15 heavy (non-hydrogen) atoms. The molecule has 1 aromatic rings. The third-order valence-corrected chi connectivity index (χ3v) is 2.69. The van der Waals surface area contributed by atoms with Gasteiger partial charge in [-0.2, -0.15) is 0 Å². The molecule has 0 saturated heterocycles. The SMILES string of the molecule is CN(CC1CC1)c1ccc(C(=N)N)nc1. The van der Waals surface area contributed by atoms with E-state index in [0.29, 0.717) is 5.69 Å². The minimum atomic E-state index is 0.0198. The van der Waals surface area contributed by atoms with Crippen LogP contribution in [-0.4, -0.2) is 24.4 Å². The summed E-state index contributed by atoms with van der Waals surface area (Å²) < 4.78 is 0. The van der Waals surface area contributed by atoms with Gasteiger partial charge in [0.1, 0.15) is 11.5 Å². The second-order valence-corrected chi connectivity index (χ2v) is 4.14. The molecule has 1 aromatic heterocycles. The molecule has 0 spiro atoms. The largest absolute Gasteiger partial charge is 0.382 e. The van der Waals surface area contributed by atoms with E-state index in [-0.39, 0.29) is 5.84 Å². The fourth-order valence-corrected chi connectivity index (χ4v) is 1.56. The van der Waals surface area contributed by atoms with E-state index in [9.17, 15) is 0 Å². The molecule has 3 N–H and O–H groups in total. The molecule has 0 aromatic carbocycles. The highest BCUT2D eigenvalue weighted by Gasteiger charge is 2.22. The summed E-state index contributed by atoms with van der Waals surface area (Å²) in [6.07, 6.45) is 4.48. The Morgan fingerprint density at radius 1 is 1.60 bits per heavy atom. The maximum Gasteiger partial charge on any atom is 0.141 e. The van der Waals surface area contributed by atoms with Crippen molar-refractivity contribution in [3.8, 4) is 0 Å². The highest BCUT2D eigenvalue weighted by atomic mass is 15.1. The van der Waals surface area contributed by atoms with E-state index >= 15 is 0 Å². The van der Waals surface area contributed by atoms with E-state index in [4.69, 9.17) is 11.1 Å². The predicted molar refractivity (Wildman–Crippen MR) is 61.2 cm³/mol. The minimum Gasteiger partial charge on any atom is -0.382 e. The highest BCUT2D eigenvalue weighted by molar-refractivity contribution is 5.93. The Balaban J connectivity index is 2.04. The van der Waals surface area contributed by atoms with Crippen molar-refractivity contribution in [2.75, 3.05) is 18.5 Å². The Bertz CT molecular complexity index is 353. The number of anilines is 1. The first-order chi connectivity index (χ1) is 7.16. The zero-order valence-electron chi connectivity index (χ0n) is 8.90. The van der Waals surface area contributed by atoms with Crippen LogP contribution >= 0.6 is 0 Å². The first-order valence-electron chi connectivity index (χ1n) is 5.18. The Morgan fingerprint density at radius 2 is 2.33 bits per heavy atom. The van der Waals surface area contributed by atoms with Gasteiger partial charge in [0.2, 0.25) is 0 Å². The zero-order chi connectivity index (χ0) is 10.8. The standard InChI is InChI=1S/C11H16N4/c1-15(7-8-2-3-8)9-4-5-10(11(12)13)14-6-9/h4-6,8H,2-3,7H2,1H3,(H3,12,13). The molecule has 1 aliphatic carbocycles. The van der Waals surface area contributed by atoms with Gasteiger partial charge in [-0.25, -0.2) is 0 Å². The van der Waals surface area contributed by atoms with Crippen LogP contribution in [0.3, 0.4) is 0 Å². The molecule has 0 bridgehead atoms. The van der Waals surface area contributed by atoms with E-state index in [1.807, 2.05) is 6.07 Å². The quantitative estimate of drug-likeness (QED) is 0.572. The average Bonchev–Trinajstić information content (AvgIpc) is 3.02. The Labute approximate surface area is 89.6 Å². The molecule has 0 atom stereocenters. The molecule has 4 heteroatoms. The summed E-state index contributed by atoms with van der Waals surface area (Å²) >= 11 is 0. The van der Waals surface area contributed by atoms with Gasteiger partial charge in [-0.05, 0) is 30.9 Å². The summed E-state index contributed by atoms with van der Waals surface area (Å²) in [6, 6.07) is 3.76. The Kier molecular flexibility index (Phi) is 2.58. The number of hydrogen-bond donors (Lipinski definition) is 2. The molecular formula is C11H16N4. The number of hydrogen-bond acceptors (Lipinski definition) is 3. The first kappa shape index (κ1) is 9.96. The second kappa shape index (κ2) is 3.88. The van der Waals surface area contributed by atoms with E-state index in [0.717, 1.165) is 18.2 Å². The molecule has 1 fully saturated rings. The molecule has 80 valence electrons. The first-order valence-corrected chi connectivity index (χ1v) is 5.18. The smallest absolute Gasteiger partial charge is 0.141 e. The third-order valence-electron chi connectivity index (χ3n) is 2.69. The van der Waals surface area contributed by atoms with E-state index in [2.05, 4.69) is 16.9 Å². The average molecular weight is 204 g/mol. The summed E-state index contributed by atoms with van der Waals surface area (Å²) in [4.78, 5) is 6.34. The number of aromatic nitrogens is 1. The molecular weight excluding hydrogens is 188 g/mol. The van der Waals surface area contributed by atoms with Gasteiger partial charge in [0.15, 0.2) is 0 Å². The fraction of sp³-hybridized carbons (Fsp3) is 0.455. The van der Waals surface area contributed by atoms with Crippen LogP contribution < -0.4 is 10.6 Å². The molecule has 4 nitrogen and oxygen atoms in total. The van der Waals surface area contributed by atoms with Crippen LogP contribution in [0.15, 0.2) is 18.3 Å². The summed E-state index contributed by atoms with van der Waals surface area (Å²) in [5, 5.41) is 7.24. The number of nitrogens with two attached hydrogens (primary N) is 1. The van der Waals surface area contributed by atoms with Crippen LogP contribution in [0.25, 0.3) is 0 Å². The number of nitrogens with zero attached hydrogens (tertiary/aromatic N) is 2. The number of nitrogen functional groups attached to an aromatic ring is 1. The monoisotopic (exact) mass is 204 g/mol. The van der Waals surface area contributed by atoms with Gasteiger partial charge < -0.3 is 10.6 Å². The van der Waals surface area contributed by atoms with Gasteiger partial charge in [0.25, 0.3) is 0 Å². The topological polar surface area (TPSA) is 66.0 Å². The predicted octanol–water partition coefficient (Wildman–Crippen LogP) is 1.21. The zero-order valence-corrected chi connectivity index (χ0v) is 8.90. The lowest BCUT2D eigenvalue weighted by Gasteiger charge is -2.18. The van der Waals surface area contributed by atoms with Crippen molar-refractivity contribution < 1.29 is 0 Å².